The van der Waals surface area contributed by atoms with Crippen molar-refractivity contribution in [3.05, 3.63) is 0 Å². The summed E-state index contributed by atoms with van der Waals surface area (Å²) in [6.45, 7) is 0. The van der Waals surface area contributed by atoms with Crippen molar-refractivity contribution in [1.82, 2.24) is 0 Å². The van der Waals surface area contributed by atoms with Crippen LogP contribution in [0.3, 0.4) is 0 Å². The van der Waals surface area contributed by atoms with Gasteiger partial charge in [0.2, 0.25) is 0 Å². The molecule has 0 spiro atoms. The van der Waals surface area contributed by atoms with Gasteiger partial charge in [-0.25, -0.2) is 0 Å². The van der Waals surface area contributed by atoms with Crippen molar-refractivity contribution < 1.29 is 40.9 Å². The van der Waals surface area contributed by atoms with E-state index in [0.717, 1.165) is 0 Å². The maximum Gasteiger partial charge on any atom is 1.00 e. The third-order valence-corrected chi connectivity index (χ3v) is 0.451. The predicted octanol–water partition coefficient (Wildman–Crippen LogP) is -2.51. The van der Waals surface area contributed by atoms with E-state index in [0.29, 0.717) is 0 Å². The molecule has 8 heavy (non-hydrogen) atoms. The van der Waals surface area contributed by atoms with Crippen molar-refractivity contribution in [3.63, 3.8) is 0 Å². The van der Waals surface area contributed by atoms with Gasteiger partial charge in [-0.1, -0.05) is 0 Å². The molecule has 40 valence electrons. The van der Waals surface area contributed by atoms with Crippen LogP contribution in [0.1, 0.15) is 14.3 Å². The summed E-state index contributed by atoms with van der Waals surface area (Å²) < 4.78 is 0. The zero-order valence-electron chi connectivity index (χ0n) is 5.72. The summed E-state index contributed by atoms with van der Waals surface area (Å²) in [6.07, 6.45) is 0.0613. The van der Waals surface area contributed by atoms with Gasteiger partial charge in [0.1, 0.15) is 0 Å². The van der Waals surface area contributed by atoms with E-state index in [1.165, 1.54) is 0 Å². The van der Waals surface area contributed by atoms with Crippen molar-refractivity contribution in [2.75, 3.05) is 0 Å². The second kappa shape index (κ2) is 6.96. The van der Waals surface area contributed by atoms with Crippen LogP contribution in [-0.2, 0) is 4.79 Å². The molecule has 0 saturated heterocycles. The van der Waals surface area contributed by atoms with Crippen LogP contribution in [0.15, 0.2) is 0 Å². The third-order valence-electron chi connectivity index (χ3n) is 0.451. The van der Waals surface area contributed by atoms with Crippen molar-refractivity contribution >= 4 is 5.97 Å². The summed E-state index contributed by atoms with van der Waals surface area (Å²) in [5.74, 6) is -0.915. The molecular weight excluding hydrogens is 117 g/mol. The molecule has 0 aliphatic rings. The molecule has 0 aromatic heterocycles. The zero-order valence-corrected chi connectivity index (χ0v) is 6.72. The van der Waals surface area contributed by atoms with E-state index in [2.05, 4.69) is 0 Å². The first-order chi connectivity index (χ1) is 3.27. The van der Waals surface area contributed by atoms with Crippen LogP contribution in [0.2, 0.25) is 0 Å². The first kappa shape index (κ1) is 10.9. The molecule has 3 nitrogen and oxygen atoms in total. The monoisotopic (exact) mass is 123 g/mol. The topological polar surface area (TPSA) is 61.1 Å². The number of aliphatic carboxylic acids is 1. The number of rotatable bonds is 2. The maximum absolute atomic E-state index is 9.61. The van der Waals surface area contributed by atoms with Crippen LogP contribution in [0.25, 0.3) is 0 Å². The third kappa shape index (κ3) is 9.35. The Morgan fingerprint density at radius 3 is 2.50 bits per heavy atom. The molecular formula is C4H6NNaO2. The van der Waals surface area contributed by atoms with Gasteiger partial charge >= 0.3 is 35.5 Å². The van der Waals surface area contributed by atoms with Gasteiger partial charge in [-0.15, -0.1) is 0 Å². The summed E-state index contributed by atoms with van der Waals surface area (Å²) in [6, 6.07) is 1.72. The van der Waals surface area contributed by atoms with Gasteiger partial charge in [0.05, 0.1) is 12.5 Å². The van der Waals surface area contributed by atoms with E-state index in [4.69, 9.17) is 10.4 Å². The quantitative estimate of drug-likeness (QED) is 0.412. The number of carboxylic acids is 1. The minimum Gasteiger partial charge on any atom is -1.00 e. The minimum atomic E-state index is -0.915. The molecule has 0 amide bonds. The number of carboxylic acid groups (broad SMARTS) is 1. The largest absolute Gasteiger partial charge is 1.00 e. The summed E-state index contributed by atoms with van der Waals surface area (Å²) in [4.78, 5) is 9.61. The molecule has 0 aliphatic heterocycles. The van der Waals surface area contributed by atoms with Gasteiger partial charge in [0, 0.05) is 6.42 Å². The second-order valence-electron chi connectivity index (χ2n) is 1.05. The van der Waals surface area contributed by atoms with E-state index < -0.39 is 5.97 Å². The van der Waals surface area contributed by atoms with Gasteiger partial charge < -0.3 is 6.53 Å². The average Bonchev–Trinajstić information content (AvgIpc) is 1.61. The number of nitriles is 1. The molecule has 0 fully saturated rings. The first-order valence-corrected chi connectivity index (χ1v) is 1.86. The number of hydrogen-bond donors (Lipinski definition) is 1. The Bertz CT molecular complexity index is 112. The molecule has 0 bridgehead atoms. The fourth-order valence-electron chi connectivity index (χ4n) is 0.163. The maximum atomic E-state index is 9.61. The molecule has 1 N–H and O–H groups in total. The van der Waals surface area contributed by atoms with Crippen LogP contribution in [0.5, 0.6) is 0 Å². The average molecular weight is 123 g/mol. The molecule has 0 atom stereocenters. The zero-order chi connectivity index (χ0) is 5.70. The van der Waals surface area contributed by atoms with E-state index in [1.54, 1.807) is 6.07 Å². The summed E-state index contributed by atoms with van der Waals surface area (Å²) in [5.41, 5.74) is 0. The van der Waals surface area contributed by atoms with Crippen LogP contribution < -0.4 is 29.6 Å². The van der Waals surface area contributed by atoms with Gasteiger partial charge in [0.15, 0.2) is 0 Å². The van der Waals surface area contributed by atoms with Crippen LogP contribution >= 0.6 is 0 Å². The van der Waals surface area contributed by atoms with Gasteiger partial charge in [0.25, 0.3) is 0 Å². The van der Waals surface area contributed by atoms with E-state index in [9.17, 15) is 4.79 Å². The fourth-order valence-corrected chi connectivity index (χ4v) is 0.163. The molecule has 0 saturated carbocycles. The molecule has 4 heteroatoms. The number of nitrogens with zero attached hydrogens (tertiary/aromatic N) is 1. The predicted molar refractivity (Wildman–Crippen MR) is 23.6 cm³/mol. The van der Waals surface area contributed by atoms with Crippen LogP contribution in [-0.4, -0.2) is 11.1 Å². The van der Waals surface area contributed by atoms with Crippen molar-refractivity contribution in [3.8, 4) is 6.07 Å². The molecule has 0 rings (SSSR count). The Hall–Kier alpha value is -0.0400. The summed E-state index contributed by atoms with van der Waals surface area (Å²) >= 11 is 0. The molecule has 0 heterocycles. The SMILES string of the molecule is N#CCCC(=O)O.[H-].[Na+]. The number of hydrogen-bond acceptors (Lipinski definition) is 2. The van der Waals surface area contributed by atoms with Crippen LogP contribution in [0, 0.1) is 11.3 Å². The Kier molecular flexibility index (Phi) is 9.44. The number of carbonyl (C=O) groups is 1. The van der Waals surface area contributed by atoms with Crippen LogP contribution in [0.4, 0.5) is 0 Å². The second-order valence-corrected chi connectivity index (χ2v) is 1.05. The van der Waals surface area contributed by atoms with Crippen molar-refractivity contribution in [1.29, 1.82) is 5.26 Å². The molecule has 0 radical (unpaired) electrons. The summed E-state index contributed by atoms with van der Waals surface area (Å²) in [7, 11) is 0. The van der Waals surface area contributed by atoms with E-state index >= 15 is 0 Å². The standard InChI is InChI=1S/C4H5NO2.Na.H/c5-3-1-2-4(6)7;;/h1-2H2,(H,6,7);;/q;+1;-1. The minimum absolute atomic E-state index is 0. The Morgan fingerprint density at radius 1 is 1.88 bits per heavy atom. The normalized spacial score (nSPS) is 6.38. The smallest absolute Gasteiger partial charge is 1.00 e. The van der Waals surface area contributed by atoms with Crippen molar-refractivity contribution in [2.24, 2.45) is 0 Å². The van der Waals surface area contributed by atoms with E-state index in [1.807, 2.05) is 0 Å². The molecule has 0 aromatic rings. The Balaban J connectivity index is -0.000000180. The van der Waals surface area contributed by atoms with Gasteiger partial charge in [-0.05, 0) is 0 Å². The van der Waals surface area contributed by atoms with E-state index in [-0.39, 0.29) is 43.8 Å². The van der Waals surface area contributed by atoms with Gasteiger partial charge in [-0.3, -0.25) is 4.79 Å². The molecule has 0 aromatic carbocycles. The Morgan fingerprint density at radius 2 is 2.38 bits per heavy atom. The Labute approximate surface area is 71.1 Å². The molecule has 0 aliphatic carbocycles. The first-order valence-electron chi connectivity index (χ1n) is 1.86. The van der Waals surface area contributed by atoms with Crippen molar-refractivity contribution in [2.45, 2.75) is 12.8 Å². The summed E-state index contributed by atoms with van der Waals surface area (Å²) in [5, 5.41) is 15.7. The van der Waals surface area contributed by atoms with Gasteiger partial charge in [-0.2, -0.15) is 5.26 Å². The molecule has 0 unspecified atom stereocenters. The fraction of sp³-hybridized carbons (Fsp3) is 0.500.